The zero-order valence-corrected chi connectivity index (χ0v) is 16.0. The van der Waals surface area contributed by atoms with Gasteiger partial charge >= 0.3 is 0 Å². The molecule has 0 aliphatic heterocycles. The van der Waals surface area contributed by atoms with Crippen LogP contribution in [0.15, 0.2) is 85.2 Å². The first kappa shape index (κ1) is 18.9. The fourth-order valence-corrected chi connectivity index (χ4v) is 3.65. The van der Waals surface area contributed by atoms with E-state index in [1.807, 2.05) is 43.3 Å². The van der Waals surface area contributed by atoms with Crippen LogP contribution in [0.4, 0.5) is 8.78 Å². The summed E-state index contributed by atoms with van der Waals surface area (Å²) in [5.74, 6) is -0.703. The lowest BCUT2D eigenvalue weighted by molar-refractivity contribution is 0.625. The third-order valence-corrected chi connectivity index (χ3v) is 5.06. The van der Waals surface area contributed by atoms with Crippen LogP contribution in [0.5, 0.6) is 0 Å². The molecule has 0 N–H and O–H groups in total. The lowest BCUT2D eigenvalue weighted by Crippen LogP contribution is -2.09. The predicted molar refractivity (Wildman–Crippen MR) is 111 cm³/mol. The van der Waals surface area contributed by atoms with Gasteiger partial charge in [-0.1, -0.05) is 24.3 Å². The van der Waals surface area contributed by atoms with Crippen LogP contribution in [0.3, 0.4) is 0 Å². The van der Waals surface area contributed by atoms with Crippen LogP contribution >= 0.6 is 0 Å². The number of aromatic nitrogens is 2. The molecule has 2 aromatic carbocycles. The quantitative estimate of drug-likeness (QED) is 0.414. The van der Waals surface area contributed by atoms with E-state index in [-0.39, 0.29) is 17.6 Å². The van der Waals surface area contributed by atoms with E-state index in [0.717, 1.165) is 33.6 Å². The van der Waals surface area contributed by atoms with Crippen LogP contribution in [0.25, 0.3) is 11.1 Å². The Labute approximate surface area is 168 Å². The normalized spacial score (nSPS) is 11.0. The van der Waals surface area contributed by atoms with Crippen LogP contribution in [0.2, 0.25) is 0 Å². The first-order chi connectivity index (χ1) is 14.1. The number of hydrogen-bond donors (Lipinski definition) is 0. The minimum atomic E-state index is -0.320. The molecule has 0 aliphatic rings. The maximum absolute atomic E-state index is 14.1. The first-order valence-electron chi connectivity index (χ1n) is 9.48. The zero-order valence-electron chi connectivity index (χ0n) is 16.0. The standard InChI is InChI=1S/C25H20F2N2/c1-17-14-19(26)10-11-21(17)22-16-20(27)9-8-18(22)15-23(24-6-2-4-12-28-24)25-7-3-5-13-29-25/h2-14,16,23H,15H2,1H3. The minimum absolute atomic E-state index is 0.0811. The lowest BCUT2D eigenvalue weighted by atomic mass is 9.87. The molecule has 0 radical (unpaired) electrons. The van der Waals surface area contributed by atoms with Crippen molar-refractivity contribution in [3.05, 3.63) is 119 Å². The van der Waals surface area contributed by atoms with Crippen molar-refractivity contribution in [2.24, 2.45) is 0 Å². The van der Waals surface area contributed by atoms with E-state index in [2.05, 4.69) is 9.97 Å². The minimum Gasteiger partial charge on any atom is -0.261 e. The molecule has 0 aliphatic carbocycles. The van der Waals surface area contributed by atoms with Crippen molar-refractivity contribution in [3.8, 4) is 11.1 Å². The van der Waals surface area contributed by atoms with E-state index in [0.29, 0.717) is 6.42 Å². The fourth-order valence-electron chi connectivity index (χ4n) is 3.65. The van der Waals surface area contributed by atoms with Crippen molar-refractivity contribution < 1.29 is 8.78 Å². The molecule has 0 fully saturated rings. The Hall–Kier alpha value is -3.40. The molecular weight excluding hydrogens is 366 g/mol. The second kappa shape index (κ2) is 8.31. The summed E-state index contributed by atoms with van der Waals surface area (Å²) in [5, 5.41) is 0. The molecule has 0 saturated heterocycles. The lowest BCUT2D eigenvalue weighted by Gasteiger charge is -2.19. The third kappa shape index (κ3) is 4.21. The van der Waals surface area contributed by atoms with Crippen LogP contribution in [0.1, 0.15) is 28.4 Å². The molecule has 2 nitrogen and oxygen atoms in total. The molecular formula is C25H20F2N2. The molecule has 0 saturated carbocycles. The maximum atomic E-state index is 14.1. The summed E-state index contributed by atoms with van der Waals surface area (Å²) in [7, 11) is 0. The molecule has 4 aromatic rings. The van der Waals surface area contributed by atoms with Gasteiger partial charge in [-0.05, 0) is 84.1 Å². The predicted octanol–water partition coefficient (Wildman–Crippen LogP) is 6.10. The Kier molecular flexibility index (Phi) is 5.43. The van der Waals surface area contributed by atoms with Crippen molar-refractivity contribution in [2.75, 3.05) is 0 Å². The first-order valence-corrected chi connectivity index (χ1v) is 9.48. The van der Waals surface area contributed by atoms with Gasteiger partial charge in [0, 0.05) is 29.7 Å². The Balaban J connectivity index is 1.81. The molecule has 0 bridgehead atoms. The van der Waals surface area contributed by atoms with E-state index < -0.39 is 0 Å². The van der Waals surface area contributed by atoms with Crippen molar-refractivity contribution in [3.63, 3.8) is 0 Å². The summed E-state index contributed by atoms with van der Waals surface area (Å²) in [6.45, 7) is 1.84. The Morgan fingerprint density at radius 3 is 1.93 bits per heavy atom. The maximum Gasteiger partial charge on any atom is 0.123 e. The Bertz CT molecular complexity index is 1070. The molecule has 0 spiro atoms. The summed E-state index contributed by atoms with van der Waals surface area (Å²) in [6.07, 6.45) is 4.13. The van der Waals surface area contributed by atoms with Crippen molar-refractivity contribution in [2.45, 2.75) is 19.3 Å². The molecule has 0 atom stereocenters. The summed E-state index contributed by atoms with van der Waals surface area (Å²) in [5.41, 5.74) is 5.11. The van der Waals surface area contributed by atoms with Gasteiger partial charge < -0.3 is 0 Å². The molecule has 2 heterocycles. The van der Waals surface area contributed by atoms with Gasteiger partial charge in [-0.25, -0.2) is 8.78 Å². The summed E-state index contributed by atoms with van der Waals surface area (Å²) >= 11 is 0. The Morgan fingerprint density at radius 2 is 1.34 bits per heavy atom. The highest BCUT2D eigenvalue weighted by atomic mass is 19.1. The van der Waals surface area contributed by atoms with Crippen LogP contribution in [-0.2, 0) is 6.42 Å². The number of nitrogens with zero attached hydrogens (tertiary/aromatic N) is 2. The van der Waals surface area contributed by atoms with Crippen LogP contribution < -0.4 is 0 Å². The van der Waals surface area contributed by atoms with Gasteiger partial charge in [-0.2, -0.15) is 0 Å². The number of benzene rings is 2. The molecule has 4 rings (SSSR count). The number of halogens is 2. The number of aryl methyl sites for hydroxylation is 1. The smallest absolute Gasteiger partial charge is 0.123 e. The van der Waals surface area contributed by atoms with E-state index >= 15 is 0 Å². The Morgan fingerprint density at radius 1 is 0.724 bits per heavy atom. The molecule has 144 valence electrons. The SMILES string of the molecule is Cc1cc(F)ccc1-c1cc(F)ccc1CC(c1ccccn1)c1ccccn1. The highest BCUT2D eigenvalue weighted by Gasteiger charge is 2.20. The van der Waals surface area contributed by atoms with E-state index in [4.69, 9.17) is 0 Å². The zero-order chi connectivity index (χ0) is 20.2. The van der Waals surface area contributed by atoms with Gasteiger partial charge in [0.2, 0.25) is 0 Å². The topological polar surface area (TPSA) is 25.8 Å². The molecule has 0 amide bonds. The van der Waals surface area contributed by atoms with Crippen molar-refractivity contribution in [1.82, 2.24) is 9.97 Å². The van der Waals surface area contributed by atoms with Gasteiger partial charge in [0.1, 0.15) is 11.6 Å². The average Bonchev–Trinajstić information content (AvgIpc) is 2.74. The second-order valence-corrected chi connectivity index (χ2v) is 7.03. The third-order valence-electron chi connectivity index (χ3n) is 5.06. The molecule has 29 heavy (non-hydrogen) atoms. The van der Waals surface area contributed by atoms with E-state index in [9.17, 15) is 8.78 Å². The number of pyridine rings is 2. The molecule has 0 unspecified atom stereocenters. The van der Waals surface area contributed by atoms with Crippen LogP contribution in [-0.4, -0.2) is 9.97 Å². The van der Waals surface area contributed by atoms with Gasteiger partial charge in [0.05, 0.1) is 0 Å². The van der Waals surface area contributed by atoms with E-state index in [1.54, 1.807) is 24.5 Å². The molecule has 4 heteroatoms. The second-order valence-electron chi connectivity index (χ2n) is 7.03. The summed E-state index contributed by atoms with van der Waals surface area (Å²) < 4.78 is 27.7. The molecule has 2 aromatic heterocycles. The summed E-state index contributed by atoms with van der Waals surface area (Å²) in [4.78, 5) is 9.07. The fraction of sp³-hybridized carbons (Fsp3) is 0.120. The van der Waals surface area contributed by atoms with Gasteiger partial charge in [-0.3, -0.25) is 9.97 Å². The summed E-state index contributed by atoms with van der Waals surface area (Å²) in [6, 6.07) is 21.0. The number of rotatable bonds is 5. The van der Waals surface area contributed by atoms with Crippen molar-refractivity contribution >= 4 is 0 Å². The van der Waals surface area contributed by atoms with Crippen molar-refractivity contribution in [1.29, 1.82) is 0 Å². The van der Waals surface area contributed by atoms with Crippen LogP contribution in [0, 0.1) is 18.6 Å². The monoisotopic (exact) mass is 386 g/mol. The van der Waals surface area contributed by atoms with Gasteiger partial charge in [0.25, 0.3) is 0 Å². The number of hydrogen-bond acceptors (Lipinski definition) is 2. The average molecular weight is 386 g/mol. The largest absolute Gasteiger partial charge is 0.261 e. The van der Waals surface area contributed by atoms with E-state index in [1.165, 1.54) is 24.3 Å². The highest BCUT2D eigenvalue weighted by Crippen LogP contribution is 2.33. The van der Waals surface area contributed by atoms with Gasteiger partial charge in [-0.15, -0.1) is 0 Å². The van der Waals surface area contributed by atoms with Gasteiger partial charge in [0.15, 0.2) is 0 Å². The highest BCUT2D eigenvalue weighted by molar-refractivity contribution is 5.71.